The Balaban J connectivity index is 1.10. The molecule has 282 valence electrons. The number of nitrogens with one attached hydrogen (secondary N) is 6. The number of rotatable bonds is 16. The van der Waals surface area contributed by atoms with E-state index >= 15 is 0 Å². The van der Waals surface area contributed by atoms with Gasteiger partial charge in [0, 0.05) is 34.1 Å². The van der Waals surface area contributed by atoms with Crippen LogP contribution in [0.5, 0.6) is 23.0 Å². The third kappa shape index (κ3) is 9.75. The maximum absolute atomic E-state index is 5.29. The second-order valence-electron chi connectivity index (χ2n) is 11.9. The number of methoxy groups -OCH3 is 4. The van der Waals surface area contributed by atoms with Gasteiger partial charge in [-0.05, 0) is 121 Å². The lowest BCUT2D eigenvalue weighted by Crippen LogP contribution is -2.08. The van der Waals surface area contributed by atoms with E-state index in [0.29, 0.717) is 35.7 Å². The van der Waals surface area contributed by atoms with Gasteiger partial charge in [0.25, 0.3) is 0 Å². The molecule has 0 unspecified atom stereocenters. The summed E-state index contributed by atoms with van der Waals surface area (Å²) in [5, 5.41) is 19.5. The van der Waals surface area contributed by atoms with Crippen molar-refractivity contribution in [1.82, 2.24) is 29.9 Å². The van der Waals surface area contributed by atoms with Crippen LogP contribution in [0.1, 0.15) is 0 Å². The summed E-state index contributed by atoms with van der Waals surface area (Å²) in [7, 11) is 6.48. The Morgan fingerprint density at radius 3 is 0.536 bits per heavy atom. The van der Waals surface area contributed by atoms with Crippen LogP contribution < -0.4 is 50.8 Å². The predicted molar refractivity (Wildman–Crippen MR) is 218 cm³/mol. The highest BCUT2D eigenvalue weighted by atomic mass is 16.5. The highest BCUT2D eigenvalue weighted by Gasteiger charge is 2.12. The minimum Gasteiger partial charge on any atom is -0.497 e. The van der Waals surface area contributed by atoms with Crippen LogP contribution in [0.15, 0.2) is 121 Å². The SMILES string of the molecule is COc1ccc(Nc2nc(Nc3ccc(Nc4nc(Nc5ccc(OC)cc5)nc(Nc5ccc(OC)cc5)n4)cc3)nc(Nc3ccc(OC)cc3)n2)cc1. The zero-order valence-corrected chi connectivity index (χ0v) is 30.9. The number of benzene rings is 5. The van der Waals surface area contributed by atoms with Gasteiger partial charge in [-0.1, -0.05) is 0 Å². The van der Waals surface area contributed by atoms with Crippen LogP contribution in [0.4, 0.5) is 69.8 Å². The fourth-order valence-corrected chi connectivity index (χ4v) is 5.20. The average molecular weight is 751 g/mol. The van der Waals surface area contributed by atoms with Gasteiger partial charge in [0.15, 0.2) is 0 Å². The van der Waals surface area contributed by atoms with Crippen molar-refractivity contribution in [1.29, 1.82) is 0 Å². The average Bonchev–Trinajstić information content (AvgIpc) is 3.22. The molecule has 0 aliphatic heterocycles. The number of nitrogens with zero attached hydrogens (tertiary/aromatic N) is 6. The monoisotopic (exact) mass is 750 g/mol. The van der Waals surface area contributed by atoms with Crippen molar-refractivity contribution in [3.8, 4) is 23.0 Å². The van der Waals surface area contributed by atoms with Crippen LogP contribution in [0.25, 0.3) is 0 Å². The van der Waals surface area contributed by atoms with E-state index in [1.807, 2.05) is 121 Å². The van der Waals surface area contributed by atoms with Gasteiger partial charge in [-0.2, -0.15) is 29.9 Å². The number of aromatic nitrogens is 6. The first-order valence-electron chi connectivity index (χ1n) is 17.2. The van der Waals surface area contributed by atoms with Crippen LogP contribution in [-0.2, 0) is 0 Å². The molecule has 7 rings (SSSR count). The van der Waals surface area contributed by atoms with Crippen molar-refractivity contribution in [2.24, 2.45) is 0 Å². The van der Waals surface area contributed by atoms with Crippen LogP contribution in [0.3, 0.4) is 0 Å². The quantitative estimate of drug-likeness (QED) is 0.0551. The van der Waals surface area contributed by atoms with E-state index < -0.39 is 0 Å². The first-order chi connectivity index (χ1) is 27.4. The summed E-state index contributed by atoms with van der Waals surface area (Å²) in [4.78, 5) is 27.7. The van der Waals surface area contributed by atoms with Crippen LogP contribution >= 0.6 is 0 Å². The molecule has 16 nitrogen and oxygen atoms in total. The first-order valence-corrected chi connectivity index (χ1v) is 17.2. The molecule has 16 heteroatoms. The van der Waals surface area contributed by atoms with E-state index in [9.17, 15) is 0 Å². The van der Waals surface area contributed by atoms with E-state index in [0.717, 1.165) is 57.1 Å². The molecule has 56 heavy (non-hydrogen) atoms. The highest BCUT2D eigenvalue weighted by molar-refractivity contribution is 5.67. The summed E-state index contributed by atoms with van der Waals surface area (Å²) in [6, 6.07) is 37.3. The van der Waals surface area contributed by atoms with Gasteiger partial charge in [-0.15, -0.1) is 0 Å². The molecule has 0 spiro atoms. The van der Waals surface area contributed by atoms with E-state index in [-0.39, 0.29) is 0 Å². The van der Waals surface area contributed by atoms with E-state index in [4.69, 9.17) is 18.9 Å². The van der Waals surface area contributed by atoms with E-state index in [1.165, 1.54) is 0 Å². The second kappa shape index (κ2) is 17.3. The minimum atomic E-state index is 0.314. The first kappa shape index (κ1) is 36.5. The number of anilines is 12. The zero-order chi connectivity index (χ0) is 38.7. The van der Waals surface area contributed by atoms with Crippen LogP contribution in [0.2, 0.25) is 0 Å². The molecule has 6 N–H and O–H groups in total. The number of ether oxygens (including phenoxy) is 4. The van der Waals surface area contributed by atoms with Gasteiger partial charge in [0.2, 0.25) is 35.7 Å². The van der Waals surface area contributed by atoms with Crippen molar-refractivity contribution in [2.45, 2.75) is 0 Å². The van der Waals surface area contributed by atoms with Crippen molar-refractivity contribution in [3.05, 3.63) is 121 Å². The summed E-state index contributed by atoms with van der Waals surface area (Å²) in [5.41, 5.74) is 4.56. The molecule has 5 aromatic carbocycles. The Hall–Kier alpha value is -7.88. The van der Waals surface area contributed by atoms with Gasteiger partial charge < -0.3 is 50.8 Å². The fraction of sp³-hybridized carbons (Fsp3) is 0.100. The van der Waals surface area contributed by atoms with Crippen molar-refractivity contribution in [3.63, 3.8) is 0 Å². The molecule has 0 saturated heterocycles. The molecule has 0 aliphatic rings. The lowest BCUT2D eigenvalue weighted by Gasteiger charge is -2.13. The van der Waals surface area contributed by atoms with Crippen LogP contribution in [0, 0.1) is 0 Å². The molecule has 0 bridgehead atoms. The second-order valence-corrected chi connectivity index (χ2v) is 11.9. The van der Waals surface area contributed by atoms with E-state index in [2.05, 4.69) is 61.8 Å². The zero-order valence-electron chi connectivity index (χ0n) is 30.9. The summed E-state index contributed by atoms with van der Waals surface area (Å²) in [5.74, 6) is 4.89. The maximum Gasteiger partial charge on any atom is 0.233 e. The van der Waals surface area contributed by atoms with Gasteiger partial charge >= 0.3 is 0 Å². The Morgan fingerprint density at radius 1 is 0.250 bits per heavy atom. The molecule has 2 heterocycles. The molecular weight excluding hydrogens is 713 g/mol. The lowest BCUT2D eigenvalue weighted by atomic mass is 10.3. The molecule has 0 aliphatic carbocycles. The van der Waals surface area contributed by atoms with Gasteiger partial charge in [-0.3, -0.25) is 0 Å². The Labute approximate surface area is 322 Å². The van der Waals surface area contributed by atoms with Gasteiger partial charge in [0.1, 0.15) is 23.0 Å². The minimum absolute atomic E-state index is 0.314. The summed E-state index contributed by atoms with van der Waals surface area (Å²) < 4.78 is 21.2. The Morgan fingerprint density at radius 2 is 0.393 bits per heavy atom. The summed E-state index contributed by atoms with van der Waals surface area (Å²) in [6.07, 6.45) is 0. The third-order valence-corrected chi connectivity index (χ3v) is 8.05. The van der Waals surface area contributed by atoms with E-state index in [1.54, 1.807) is 28.4 Å². The standard InChI is InChI=1S/C40H38N12O4/c1-53-31-17-9-27(10-18-31)43-37-47-35(48-38(51-37)44-28-11-19-32(54-2)20-12-28)41-25-5-7-26(8-6-25)42-36-49-39(45-29-13-21-33(55-3)22-14-29)52-40(50-36)46-30-15-23-34(56-4)24-16-30/h5-24H,1-4H3,(H3,41,43,44,47,48,51)(H3,42,45,46,49,50,52). The third-order valence-electron chi connectivity index (χ3n) is 8.05. The molecule has 0 radical (unpaired) electrons. The molecule has 0 atom stereocenters. The summed E-state index contributed by atoms with van der Waals surface area (Å²) >= 11 is 0. The lowest BCUT2D eigenvalue weighted by molar-refractivity contribution is 0.415. The maximum atomic E-state index is 5.29. The van der Waals surface area contributed by atoms with Crippen LogP contribution in [-0.4, -0.2) is 58.3 Å². The molecule has 0 fully saturated rings. The molecule has 0 amide bonds. The predicted octanol–water partition coefficient (Wildman–Crippen LogP) is 8.55. The number of hydrogen-bond acceptors (Lipinski definition) is 16. The topological polar surface area (TPSA) is 186 Å². The number of hydrogen-bond donors (Lipinski definition) is 6. The normalized spacial score (nSPS) is 10.5. The smallest absolute Gasteiger partial charge is 0.233 e. The fourth-order valence-electron chi connectivity index (χ4n) is 5.20. The molecule has 0 saturated carbocycles. The highest BCUT2D eigenvalue weighted by Crippen LogP contribution is 2.27. The Bertz CT molecular complexity index is 2040. The van der Waals surface area contributed by atoms with Gasteiger partial charge in [-0.25, -0.2) is 0 Å². The Kier molecular flexibility index (Phi) is 11.3. The van der Waals surface area contributed by atoms with Crippen molar-refractivity contribution < 1.29 is 18.9 Å². The van der Waals surface area contributed by atoms with Crippen molar-refractivity contribution >= 4 is 69.8 Å². The largest absolute Gasteiger partial charge is 0.497 e. The molecular formula is C40H38N12O4. The molecule has 7 aromatic rings. The van der Waals surface area contributed by atoms with Gasteiger partial charge in [0.05, 0.1) is 28.4 Å². The summed E-state index contributed by atoms with van der Waals surface area (Å²) in [6.45, 7) is 0. The van der Waals surface area contributed by atoms with Crippen molar-refractivity contribution in [2.75, 3.05) is 60.3 Å². The molecule has 2 aromatic heterocycles.